The van der Waals surface area contributed by atoms with Crippen molar-refractivity contribution in [3.63, 3.8) is 0 Å². The van der Waals surface area contributed by atoms with Gasteiger partial charge < -0.3 is 10.1 Å². The molecule has 3 unspecified atom stereocenters. The van der Waals surface area contributed by atoms with Gasteiger partial charge in [-0.15, -0.1) is 0 Å². The molecule has 0 radical (unpaired) electrons. The number of hydrogen-bond donors (Lipinski definition) is 1. The molecule has 1 aromatic heterocycles. The van der Waals surface area contributed by atoms with Crippen molar-refractivity contribution < 1.29 is 9.53 Å². The first-order chi connectivity index (χ1) is 8.06. The summed E-state index contributed by atoms with van der Waals surface area (Å²) in [4.78, 5) is 15.5. The molecule has 0 saturated heterocycles. The summed E-state index contributed by atoms with van der Waals surface area (Å²) in [6, 6.07) is 4.13. The average molecular weight is 236 g/mol. The van der Waals surface area contributed by atoms with Crippen LogP contribution in [0.4, 0.5) is 0 Å². The number of pyridine rings is 1. The summed E-state index contributed by atoms with van der Waals surface area (Å²) in [5.41, 5.74) is 1.11. The molecule has 0 saturated carbocycles. The third kappa shape index (κ3) is 3.82. The Labute approximate surface area is 102 Å². The van der Waals surface area contributed by atoms with Crippen molar-refractivity contribution in [3.8, 4) is 0 Å². The molecular formula is C13H20N2O2. The van der Waals surface area contributed by atoms with E-state index < -0.39 is 0 Å². The van der Waals surface area contributed by atoms with Gasteiger partial charge in [0.15, 0.2) is 0 Å². The number of carbonyl (C=O) groups is 1. The molecule has 1 N–H and O–H groups in total. The third-order valence-corrected chi connectivity index (χ3v) is 3.02. The highest BCUT2D eigenvalue weighted by molar-refractivity contribution is 5.72. The molecule has 1 heterocycles. The predicted molar refractivity (Wildman–Crippen MR) is 66.4 cm³/mol. The van der Waals surface area contributed by atoms with Gasteiger partial charge >= 0.3 is 5.97 Å². The number of hydrogen-bond acceptors (Lipinski definition) is 4. The minimum Gasteiger partial charge on any atom is -0.469 e. The molecular weight excluding hydrogens is 216 g/mol. The zero-order valence-corrected chi connectivity index (χ0v) is 10.8. The number of carbonyl (C=O) groups excluding carboxylic acids is 1. The molecule has 0 aliphatic carbocycles. The molecule has 1 rings (SSSR count). The number of ether oxygens (including phenoxy) is 1. The van der Waals surface area contributed by atoms with Gasteiger partial charge in [-0.05, 0) is 25.5 Å². The van der Waals surface area contributed by atoms with Crippen LogP contribution in [-0.2, 0) is 9.53 Å². The van der Waals surface area contributed by atoms with Crippen molar-refractivity contribution in [1.82, 2.24) is 10.3 Å². The lowest BCUT2D eigenvalue weighted by Crippen LogP contribution is -2.38. The first-order valence-corrected chi connectivity index (χ1v) is 5.80. The van der Waals surface area contributed by atoms with Crippen molar-refractivity contribution in [2.45, 2.75) is 32.9 Å². The largest absolute Gasteiger partial charge is 0.469 e. The Morgan fingerprint density at radius 2 is 2.12 bits per heavy atom. The Balaban J connectivity index is 2.57. The van der Waals surface area contributed by atoms with Crippen LogP contribution in [0.15, 0.2) is 24.5 Å². The van der Waals surface area contributed by atoms with Crippen LogP contribution in [0.5, 0.6) is 0 Å². The van der Waals surface area contributed by atoms with Gasteiger partial charge in [0.1, 0.15) is 0 Å². The summed E-state index contributed by atoms with van der Waals surface area (Å²) < 4.78 is 4.73. The van der Waals surface area contributed by atoms with Crippen LogP contribution in [0, 0.1) is 5.92 Å². The van der Waals surface area contributed by atoms with Gasteiger partial charge in [-0.3, -0.25) is 9.78 Å². The van der Waals surface area contributed by atoms with Gasteiger partial charge in [-0.1, -0.05) is 13.0 Å². The Kier molecular flexibility index (Phi) is 5.10. The normalized spacial score (nSPS) is 16.0. The van der Waals surface area contributed by atoms with E-state index in [0.29, 0.717) is 0 Å². The molecule has 1 aromatic rings. The van der Waals surface area contributed by atoms with Gasteiger partial charge in [0.2, 0.25) is 0 Å². The molecule has 4 nitrogen and oxygen atoms in total. The van der Waals surface area contributed by atoms with Gasteiger partial charge in [0.05, 0.1) is 13.0 Å². The molecule has 0 aromatic carbocycles. The lowest BCUT2D eigenvalue weighted by Gasteiger charge is -2.23. The predicted octanol–water partition coefficient (Wildman–Crippen LogP) is 1.93. The van der Waals surface area contributed by atoms with Crippen molar-refractivity contribution in [2.75, 3.05) is 7.11 Å². The van der Waals surface area contributed by atoms with Crippen molar-refractivity contribution in [2.24, 2.45) is 5.92 Å². The van der Waals surface area contributed by atoms with E-state index in [4.69, 9.17) is 4.74 Å². The maximum absolute atomic E-state index is 11.4. The van der Waals surface area contributed by atoms with E-state index in [-0.39, 0.29) is 24.0 Å². The SMILES string of the molecule is COC(=O)C(C)C(C)NC(C)c1cccnc1. The van der Waals surface area contributed by atoms with Gasteiger partial charge in [-0.2, -0.15) is 0 Å². The topological polar surface area (TPSA) is 51.2 Å². The summed E-state index contributed by atoms with van der Waals surface area (Å²) in [6.45, 7) is 5.89. The summed E-state index contributed by atoms with van der Waals surface area (Å²) >= 11 is 0. The van der Waals surface area contributed by atoms with E-state index in [9.17, 15) is 4.79 Å². The average Bonchev–Trinajstić information content (AvgIpc) is 2.37. The number of nitrogens with one attached hydrogen (secondary N) is 1. The fourth-order valence-corrected chi connectivity index (χ4v) is 1.66. The van der Waals surface area contributed by atoms with E-state index in [1.807, 2.05) is 32.2 Å². The van der Waals surface area contributed by atoms with Gasteiger partial charge in [0.25, 0.3) is 0 Å². The van der Waals surface area contributed by atoms with Crippen LogP contribution in [0.2, 0.25) is 0 Å². The van der Waals surface area contributed by atoms with Crippen LogP contribution < -0.4 is 5.32 Å². The Bertz CT molecular complexity index is 354. The molecule has 4 heteroatoms. The number of methoxy groups -OCH3 is 1. The summed E-state index contributed by atoms with van der Waals surface area (Å²) in [5.74, 6) is -0.359. The third-order valence-electron chi connectivity index (χ3n) is 3.02. The second-order valence-electron chi connectivity index (χ2n) is 4.28. The maximum Gasteiger partial charge on any atom is 0.309 e. The highest BCUT2D eigenvalue weighted by atomic mass is 16.5. The van der Waals surface area contributed by atoms with Crippen LogP contribution in [0.1, 0.15) is 32.4 Å². The van der Waals surface area contributed by atoms with Crippen LogP contribution in [0.3, 0.4) is 0 Å². The molecule has 17 heavy (non-hydrogen) atoms. The summed E-state index contributed by atoms with van der Waals surface area (Å²) in [5, 5.41) is 3.37. The Morgan fingerprint density at radius 1 is 1.41 bits per heavy atom. The lowest BCUT2D eigenvalue weighted by molar-refractivity contribution is -0.145. The highest BCUT2D eigenvalue weighted by Gasteiger charge is 2.22. The Hall–Kier alpha value is -1.42. The van der Waals surface area contributed by atoms with Crippen LogP contribution >= 0.6 is 0 Å². The summed E-state index contributed by atoms with van der Waals surface area (Å²) in [7, 11) is 1.41. The highest BCUT2D eigenvalue weighted by Crippen LogP contribution is 2.14. The fraction of sp³-hybridized carbons (Fsp3) is 0.538. The monoisotopic (exact) mass is 236 g/mol. The minimum atomic E-state index is -0.191. The number of aromatic nitrogens is 1. The second-order valence-corrected chi connectivity index (χ2v) is 4.28. The first-order valence-electron chi connectivity index (χ1n) is 5.80. The zero-order valence-electron chi connectivity index (χ0n) is 10.8. The van der Waals surface area contributed by atoms with E-state index >= 15 is 0 Å². The number of nitrogens with zero attached hydrogens (tertiary/aromatic N) is 1. The van der Waals surface area contributed by atoms with Crippen molar-refractivity contribution in [1.29, 1.82) is 0 Å². The molecule has 3 atom stereocenters. The van der Waals surface area contributed by atoms with Crippen molar-refractivity contribution >= 4 is 5.97 Å². The smallest absolute Gasteiger partial charge is 0.309 e. The zero-order chi connectivity index (χ0) is 12.8. The molecule has 0 aliphatic heterocycles. The Morgan fingerprint density at radius 3 is 2.65 bits per heavy atom. The minimum absolute atomic E-state index is 0.0534. The molecule has 0 amide bonds. The fourth-order valence-electron chi connectivity index (χ4n) is 1.66. The van der Waals surface area contributed by atoms with E-state index in [1.54, 1.807) is 6.20 Å². The van der Waals surface area contributed by atoms with Crippen molar-refractivity contribution in [3.05, 3.63) is 30.1 Å². The molecule has 0 fully saturated rings. The van der Waals surface area contributed by atoms with E-state index in [2.05, 4.69) is 17.2 Å². The standard InChI is InChI=1S/C13H20N2O2/c1-9(13(16)17-4)10(2)15-11(3)12-6-5-7-14-8-12/h5-11,15H,1-4H3. The summed E-state index contributed by atoms with van der Waals surface area (Å²) in [6.07, 6.45) is 3.57. The number of esters is 1. The first kappa shape index (κ1) is 13.6. The maximum atomic E-state index is 11.4. The quantitative estimate of drug-likeness (QED) is 0.794. The lowest BCUT2D eigenvalue weighted by atomic mass is 10.0. The van der Waals surface area contributed by atoms with Gasteiger partial charge in [0, 0.05) is 24.5 Å². The number of rotatable bonds is 5. The van der Waals surface area contributed by atoms with E-state index in [0.717, 1.165) is 5.56 Å². The van der Waals surface area contributed by atoms with Crippen LogP contribution in [-0.4, -0.2) is 24.1 Å². The molecule has 0 spiro atoms. The molecule has 0 aliphatic rings. The molecule has 94 valence electrons. The van der Waals surface area contributed by atoms with Crippen LogP contribution in [0.25, 0.3) is 0 Å². The second kappa shape index (κ2) is 6.35. The van der Waals surface area contributed by atoms with Gasteiger partial charge in [-0.25, -0.2) is 0 Å². The van der Waals surface area contributed by atoms with E-state index in [1.165, 1.54) is 7.11 Å². The molecule has 0 bridgehead atoms.